The molecule has 1 saturated heterocycles. The van der Waals surface area contributed by atoms with Gasteiger partial charge >= 0.3 is 19.8 Å². The number of phosphoric acid groups is 1. The van der Waals surface area contributed by atoms with Crippen molar-refractivity contribution in [3.63, 3.8) is 0 Å². The minimum atomic E-state index is -5.37. The third-order valence-electron chi connectivity index (χ3n) is 12.0. The summed E-state index contributed by atoms with van der Waals surface area (Å²) in [6.45, 7) is 2.19. The Labute approximate surface area is 386 Å². The number of hydrogen-bond acceptors (Lipinski definition) is 17. The van der Waals surface area contributed by atoms with Crippen molar-refractivity contribution < 1.29 is 87.9 Å². The number of unbranched alkanes of at least 4 members (excludes halogenated alkanes) is 20. The summed E-state index contributed by atoms with van der Waals surface area (Å²) in [5, 5.41) is 82.8. The van der Waals surface area contributed by atoms with Crippen LogP contribution in [0.3, 0.4) is 0 Å². The molecule has 0 aromatic carbocycles. The third-order valence-corrected chi connectivity index (χ3v) is 13.0. The topological polar surface area (TPSA) is 289 Å². The highest BCUT2D eigenvalue weighted by Crippen LogP contribution is 2.48. The van der Waals surface area contributed by atoms with Crippen molar-refractivity contribution in [3.05, 3.63) is 12.2 Å². The van der Waals surface area contributed by atoms with Crippen molar-refractivity contribution in [2.45, 2.75) is 248 Å². The largest absolute Gasteiger partial charge is 0.472 e. The summed E-state index contributed by atoms with van der Waals surface area (Å²) in [7, 11) is -5.37. The van der Waals surface area contributed by atoms with Crippen LogP contribution < -0.4 is 0 Å². The van der Waals surface area contributed by atoms with Crippen molar-refractivity contribution in [2.75, 3.05) is 19.8 Å². The molecule has 9 N–H and O–H groups in total. The molecule has 1 heterocycles. The Morgan fingerprint density at radius 2 is 1.02 bits per heavy atom. The molecule has 13 unspecified atom stereocenters. The lowest BCUT2D eigenvalue weighted by Crippen LogP contribution is -2.67. The number of ether oxygens (including phenoxy) is 4. The van der Waals surface area contributed by atoms with Crippen LogP contribution >= 0.6 is 7.82 Å². The molecule has 0 bridgehead atoms. The van der Waals surface area contributed by atoms with Crippen LogP contribution in [-0.2, 0) is 42.1 Å². The third kappa shape index (κ3) is 24.0. The van der Waals surface area contributed by atoms with E-state index in [-0.39, 0.29) is 12.8 Å². The predicted octanol–water partition coefficient (Wildman–Crippen LogP) is 4.93. The first-order valence-electron chi connectivity index (χ1n) is 24.5. The van der Waals surface area contributed by atoms with Crippen molar-refractivity contribution in [2.24, 2.45) is 0 Å². The average Bonchev–Trinajstić information content (AvgIpc) is 3.28. The second kappa shape index (κ2) is 34.6. The van der Waals surface area contributed by atoms with Gasteiger partial charge < -0.3 is 64.7 Å². The molecule has 2 fully saturated rings. The van der Waals surface area contributed by atoms with Gasteiger partial charge in [-0.1, -0.05) is 135 Å². The van der Waals surface area contributed by atoms with Gasteiger partial charge in [0.15, 0.2) is 12.4 Å². The highest BCUT2D eigenvalue weighted by Gasteiger charge is 2.55. The number of hydrogen-bond donors (Lipinski definition) is 9. The van der Waals surface area contributed by atoms with Gasteiger partial charge in [0.1, 0.15) is 67.6 Å². The van der Waals surface area contributed by atoms with E-state index in [9.17, 15) is 59.9 Å². The quantitative estimate of drug-likeness (QED) is 0.0173. The van der Waals surface area contributed by atoms with Crippen LogP contribution in [0, 0.1) is 0 Å². The normalized spacial score (nSPS) is 28.6. The summed E-state index contributed by atoms with van der Waals surface area (Å²) >= 11 is 0. The molecule has 0 amide bonds. The van der Waals surface area contributed by atoms with Crippen LogP contribution in [0.25, 0.3) is 0 Å². The fourth-order valence-corrected chi connectivity index (χ4v) is 8.84. The molecule has 19 heteroatoms. The number of aliphatic hydroxyl groups is 8. The number of carbonyl (C=O) groups is 2. The van der Waals surface area contributed by atoms with Gasteiger partial charge in [0.2, 0.25) is 0 Å². The molecule has 0 spiro atoms. The van der Waals surface area contributed by atoms with Gasteiger partial charge in [-0.05, 0) is 38.5 Å². The highest BCUT2D eigenvalue weighted by atomic mass is 31.2. The Hall–Kier alpha value is -1.61. The molecule has 13 atom stereocenters. The molecule has 1 aliphatic carbocycles. The van der Waals surface area contributed by atoms with Gasteiger partial charge in [0, 0.05) is 12.8 Å². The molecule has 1 saturated carbocycles. The SMILES string of the molecule is CCCCCCCCC/C=C\CCCCCC(=O)OC(COC(=O)CCCCCCCCCCCCC)COP(=O)(O)OC1C(O)C(O)C(O)C(O)C1OC1OC(CO)C(O)C(O)C1O. The summed E-state index contributed by atoms with van der Waals surface area (Å²) in [5.74, 6) is -1.23. The number of esters is 2. The molecule has 18 nitrogen and oxygen atoms in total. The predicted molar refractivity (Wildman–Crippen MR) is 240 cm³/mol. The van der Waals surface area contributed by atoms with E-state index in [0.717, 1.165) is 51.4 Å². The number of allylic oxidation sites excluding steroid dienone is 2. The molecule has 2 rings (SSSR count). The van der Waals surface area contributed by atoms with Crippen molar-refractivity contribution in [1.82, 2.24) is 0 Å². The molecule has 1 aliphatic heterocycles. The number of carbonyl (C=O) groups excluding carboxylic acids is 2. The van der Waals surface area contributed by atoms with Gasteiger partial charge in [-0.25, -0.2) is 4.57 Å². The van der Waals surface area contributed by atoms with Gasteiger partial charge in [-0.2, -0.15) is 0 Å². The van der Waals surface area contributed by atoms with Crippen LogP contribution in [0.4, 0.5) is 0 Å². The number of phosphoric ester groups is 1. The molecular weight excluding hydrogens is 871 g/mol. The van der Waals surface area contributed by atoms with Crippen molar-refractivity contribution in [3.8, 4) is 0 Å². The molecule has 0 aromatic rings. The maximum atomic E-state index is 13.4. The first-order chi connectivity index (χ1) is 31.2. The van der Waals surface area contributed by atoms with Crippen LogP contribution in [0.5, 0.6) is 0 Å². The van der Waals surface area contributed by atoms with E-state index in [1.54, 1.807) is 0 Å². The summed E-state index contributed by atoms with van der Waals surface area (Å²) in [6.07, 6.45) is 5.98. The molecular formula is C46H85O18P. The summed E-state index contributed by atoms with van der Waals surface area (Å²) in [6, 6.07) is 0. The Bertz CT molecular complexity index is 1320. The van der Waals surface area contributed by atoms with Crippen LogP contribution in [0.2, 0.25) is 0 Å². The van der Waals surface area contributed by atoms with E-state index in [1.165, 1.54) is 83.5 Å². The lowest BCUT2D eigenvalue weighted by Gasteiger charge is -2.47. The fourth-order valence-electron chi connectivity index (χ4n) is 7.87. The van der Waals surface area contributed by atoms with E-state index < -0.39 is 113 Å². The second-order valence-electron chi connectivity index (χ2n) is 17.7. The lowest BCUT2D eigenvalue weighted by atomic mass is 9.84. The molecule has 382 valence electrons. The first-order valence-corrected chi connectivity index (χ1v) is 26.0. The zero-order valence-electron chi connectivity index (χ0n) is 39.0. The minimum absolute atomic E-state index is 0.0154. The fraction of sp³-hybridized carbons (Fsp3) is 0.913. The Kier molecular flexibility index (Phi) is 31.7. The van der Waals surface area contributed by atoms with Gasteiger partial charge in [0.25, 0.3) is 0 Å². The maximum Gasteiger partial charge on any atom is 0.472 e. The summed E-state index contributed by atoms with van der Waals surface area (Å²) in [5.41, 5.74) is 0. The highest BCUT2D eigenvalue weighted by molar-refractivity contribution is 7.47. The van der Waals surface area contributed by atoms with Gasteiger partial charge in [-0.15, -0.1) is 0 Å². The van der Waals surface area contributed by atoms with E-state index in [4.69, 9.17) is 28.0 Å². The van der Waals surface area contributed by atoms with Crippen molar-refractivity contribution >= 4 is 19.8 Å². The maximum absolute atomic E-state index is 13.4. The van der Waals surface area contributed by atoms with Crippen molar-refractivity contribution in [1.29, 1.82) is 0 Å². The number of rotatable bonds is 37. The smallest absolute Gasteiger partial charge is 0.462 e. The van der Waals surface area contributed by atoms with E-state index >= 15 is 0 Å². The molecule has 2 aliphatic rings. The zero-order chi connectivity index (χ0) is 48.0. The standard InChI is InChI=1S/C46H85O18P/c1-3-5-7-9-11-13-15-16-17-19-21-23-25-27-29-36(49)61-33(31-59-35(48)28-26-24-22-20-18-14-12-10-8-6-4-2)32-60-65(57,58)64-45-42(55)40(53)39(52)41(54)44(45)63-46-43(56)38(51)37(50)34(30-47)62-46/h17,19,33-34,37-47,50-56H,3-16,18,20-32H2,1-2H3,(H,57,58)/b19-17-. The second-order valence-corrected chi connectivity index (χ2v) is 19.1. The van der Waals surface area contributed by atoms with Gasteiger partial charge in [-0.3, -0.25) is 18.6 Å². The van der Waals surface area contributed by atoms with Crippen LogP contribution in [-0.4, -0.2) is 151 Å². The summed E-state index contributed by atoms with van der Waals surface area (Å²) in [4.78, 5) is 36.4. The molecule has 0 aromatic heterocycles. The van der Waals surface area contributed by atoms with E-state index in [1.807, 2.05) is 0 Å². The minimum Gasteiger partial charge on any atom is -0.462 e. The van der Waals surface area contributed by atoms with Crippen LogP contribution in [0.1, 0.15) is 174 Å². The zero-order valence-corrected chi connectivity index (χ0v) is 39.9. The van der Waals surface area contributed by atoms with Crippen LogP contribution in [0.15, 0.2) is 12.2 Å². The Balaban J connectivity index is 1.98. The van der Waals surface area contributed by atoms with Gasteiger partial charge in [0.05, 0.1) is 13.2 Å². The van der Waals surface area contributed by atoms with E-state index in [0.29, 0.717) is 12.8 Å². The number of aliphatic hydroxyl groups excluding tert-OH is 8. The Morgan fingerprint density at radius 3 is 1.54 bits per heavy atom. The lowest BCUT2D eigenvalue weighted by molar-refractivity contribution is -0.338. The molecule has 0 radical (unpaired) electrons. The summed E-state index contributed by atoms with van der Waals surface area (Å²) < 4.78 is 45.3. The monoisotopic (exact) mass is 957 g/mol. The first kappa shape index (κ1) is 59.5. The average molecular weight is 957 g/mol. The molecule has 65 heavy (non-hydrogen) atoms. The van der Waals surface area contributed by atoms with E-state index in [2.05, 4.69) is 26.0 Å². The Morgan fingerprint density at radius 1 is 0.569 bits per heavy atom.